The molecule has 0 aromatic rings. The summed E-state index contributed by atoms with van der Waals surface area (Å²) in [6, 6.07) is 0. The molecule has 0 radical (unpaired) electrons. The number of terminal acetylenes is 1. The third kappa shape index (κ3) is 4.67. The van der Waals surface area contributed by atoms with E-state index in [0.29, 0.717) is 19.3 Å². The highest BCUT2D eigenvalue weighted by Crippen LogP contribution is 2.15. The predicted molar refractivity (Wildman–Crippen MR) is 64.0 cm³/mol. The van der Waals surface area contributed by atoms with Gasteiger partial charge in [0.05, 0.1) is 11.3 Å². The molecule has 0 fully saturated rings. The Morgan fingerprint density at radius 1 is 1.27 bits per heavy atom. The first-order valence-corrected chi connectivity index (χ1v) is 7.10. The number of rotatable bonds is 7. The van der Waals surface area contributed by atoms with Gasteiger partial charge in [-0.05, 0) is 19.3 Å². The molecule has 0 aliphatic carbocycles. The van der Waals surface area contributed by atoms with Gasteiger partial charge >= 0.3 is 0 Å². The number of hydrogen-bond acceptors (Lipinski definition) is 2. The average molecular weight is 231 g/mol. The van der Waals surface area contributed by atoms with Crippen LogP contribution >= 0.6 is 0 Å². The van der Waals surface area contributed by atoms with Gasteiger partial charge in [-0.15, -0.1) is 6.42 Å². The van der Waals surface area contributed by atoms with Gasteiger partial charge in [0.1, 0.15) is 0 Å². The first-order chi connectivity index (χ1) is 6.95. The summed E-state index contributed by atoms with van der Waals surface area (Å²) in [5, 5.41) is 0. The average Bonchev–Trinajstić information content (AvgIpc) is 2.23. The van der Waals surface area contributed by atoms with Crippen LogP contribution in [0.2, 0.25) is 0 Å². The van der Waals surface area contributed by atoms with Crippen LogP contribution in [0, 0.1) is 12.3 Å². The van der Waals surface area contributed by atoms with Crippen LogP contribution in [0.3, 0.4) is 0 Å². The molecular weight excluding hydrogens is 210 g/mol. The fraction of sp³-hybridized carbons (Fsp3) is 0.818. The van der Waals surface area contributed by atoms with E-state index < -0.39 is 15.6 Å². The molecule has 0 aromatic carbocycles. The topological polar surface area (TPSA) is 46.2 Å². The minimum Gasteiger partial charge on any atom is -0.212 e. The summed E-state index contributed by atoms with van der Waals surface area (Å²) < 4.78 is 26.0. The normalized spacial score (nSPS) is 12.4. The molecule has 4 heteroatoms. The minimum absolute atomic E-state index is 0.160. The zero-order chi connectivity index (χ0) is 11.9. The van der Waals surface area contributed by atoms with Gasteiger partial charge in [-0.3, -0.25) is 0 Å². The van der Waals surface area contributed by atoms with Gasteiger partial charge in [-0.1, -0.05) is 33.1 Å². The Bertz CT molecular complexity index is 310. The molecule has 0 spiro atoms. The van der Waals surface area contributed by atoms with Crippen molar-refractivity contribution in [3.8, 4) is 12.3 Å². The van der Waals surface area contributed by atoms with Crippen molar-refractivity contribution in [2.45, 2.75) is 52.0 Å². The van der Waals surface area contributed by atoms with E-state index in [1.807, 2.05) is 20.8 Å². The van der Waals surface area contributed by atoms with Crippen molar-refractivity contribution in [2.75, 3.05) is 5.75 Å². The smallest absolute Gasteiger partial charge is 0.212 e. The highest BCUT2D eigenvalue weighted by atomic mass is 32.2. The van der Waals surface area contributed by atoms with Crippen molar-refractivity contribution in [2.24, 2.45) is 0 Å². The second-order valence-corrected chi connectivity index (χ2v) is 5.55. The van der Waals surface area contributed by atoms with Crippen LogP contribution in [0.5, 0.6) is 0 Å². The van der Waals surface area contributed by atoms with Crippen LogP contribution in [0.1, 0.15) is 46.5 Å². The van der Waals surface area contributed by atoms with E-state index in [4.69, 9.17) is 6.42 Å². The molecule has 0 aromatic heterocycles. The molecule has 0 saturated carbocycles. The van der Waals surface area contributed by atoms with Crippen molar-refractivity contribution >= 4 is 10.0 Å². The van der Waals surface area contributed by atoms with Gasteiger partial charge in [0.25, 0.3) is 0 Å². The van der Waals surface area contributed by atoms with Crippen LogP contribution < -0.4 is 4.72 Å². The maximum Gasteiger partial charge on any atom is 0.212 e. The van der Waals surface area contributed by atoms with Crippen LogP contribution in [0.25, 0.3) is 0 Å². The number of hydrogen-bond donors (Lipinski definition) is 1. The third-order valence-electron chi connectivity index (χ3n) is 2.60. The summed E-state index contributed by atoms with van der Waals surface area (Å²) in [4.78, 5) is 0. The van der Waals surface area contributed by atoms with Crippen LogP contribution in [0.15, 0.2) is 0 Å². The molecule has 0 rings (SSSR count). The lowest BCUT2D eigenvalue weighted by Crippen LogP contribution is -2.47. The zero-order valence-corrected chi connectivity index (χ0v) is 10.7. The van der Waals surface area contributed by atoms with Crippen LogP contribution in [0.4, 0.5) is 0 Å². The fourth-order valence-corrected chi connectivity index (χ4v) is 3.02. The summed E-state index contributed by atoms with van der Waals surface area (Å²) in [5.41, 5.74) is -0.702. The van der Waals surface area contributed by atoms with E-state index in [1.165, 1.54) is 0 Å². The second-order valence-electron chi connectivity index (χ2n) is 3.71. The molecular formula is C11H21NO2S. The maximum atomic E-state index is 11.7. The Morgan fingerprint density at radius 3 is 2.13 bits per heavy atom. The molecule has 0 bridgehead atoms. The largest absolute Gasteiger partial charge is 0.212 e. The maximum absolute atomic E-state index is 11.7. The van der Waals surface area contributed by atoms with E-state index in [1.54, 1.807) is 0 Å². The molecule has 1 N–H and O–H groups in total. The van der Waals surface area contributed by atoms with E-state index >= 15 is 0 Å². The number of sulfonamides is 1. The predicted octanol–water partition coefficient (Wildman–Crippen LogP) is 1.90. The summed E-state index contributed by atoms with van der Waals surface area (Å²) in [6.45, 7) is 5.75. The first-order valence-electron chi connectivity index (χ1n) is 5.44. The third-order valence-corrected chi connectivity index (χ3v) is 4.13. The molecule has 0 unspecified atom stereocenters. The van der Waals surface area contributed by atoms with Gasteiger partial charge in [0.2, 0.25) is 10.0 Å². The Hall–Kier alpha value is -0.530. The van der Waals surface area contributed by atoms with Gasteiger partial charge in [0.15, 0.2) is 0 Å². The molecule has 3 nitrogen and oxygen atoms in total. The van der Waals surface area contributed by atoms with Crippen LogP contribution in [-0.4, -0.2) is 19.7 Å². The molecule has 0 heterocycles. The van der Waals surface area contributed by atoms with E-state index in [0.717, 1.165) is 6.42 Å². The van der Waals surface area contributed by atoms with Crippen molar-refractivity contribution in [3.05, 3.63) is 0 Å². The van der Waals surface area contributed by atoms with E-state index in [9.17, 15) is 8.42 Å². The molecule has 0 saturated heterocycles. The molecule has 15 heavy (non-hydrogen) atoms. The monoisotopic (exact) mass is 231 g/mol. The quantitative estimate of drug-likeness (QED) is 0.680. The number of unbranched alkanes of at least 4 members (excludes halogenated alkanes) is 1. The zero-order valence-electron chi connectivity index (χ0n) is 9.84. The highest BCUT2D eigenvalue weighted by Gasteiger charge is 2.28. The van der Waals surface area contributed by atoms with Crippen molar-refractivity contribution in [1.29, 1.82) is 0 Å². The lowest BCUT2D eigenvalue weighted by atomic mass is 9.96. The SMILES string of the molecule is C#CC(CC)(CC)NS(=O)(=O)CCCC. The van der Waals surface area contributed by atoms with Crippen LogP contribution in [-0.2, 0) is 10.0 Å². The summed E-state index contributed by atoms with van der Waals surface area (Å²) in [6.07, 6.45) is 8.15. The minimum atomic E-state index is -3.23. The molecule has 0 aliphatic rings. The van der Waals surface area contributed by atoms with Gasteiger partial charge in [-0.2, -0.15) is 4.72 Å². The van der Waals surface area contributed by atoms with Crippen molar-refractivity contribution in [3.63, 3.8) is 0 Å². The first kappa shape index (κ1) is 14.5. The second kappa shape index (κ2) is 6.14. The van der Waals surface area contributed by atoms with Gasteiger partial charge in [0, 0.05) is 0 Å². The standard InChI is InChI=1S/C11H21NO2S/c1-5-9-10-15(13,14)12-11(6-2,7-3)8-4/h2,12H,5,7-10H2,1,3-4H3. The Labute approximate surface area is 93.7 Å². The summed E-state index contributed by atoms with van der Waals surface area (Å²) in [5.74, 6) is 2.72. The lowest BCUT2D eigenvalue weighted by Gasteiger charge is -2.26. The number of nitrogens with one attached hydrogen (secondary N) is 1. The summed E-state index contributed by atoms with van der Waals surface area (Å²) in [7, 11) is -3.23. The Balaban J connectivity index is 4.62. The Morgan fingerprint density at radius 2 is 1.80 bits per heavy atom. The Kier molecular flexibility index (Phi) is 5.92. The van der Waals surface area contributed by atoms with Gasteiger partial charge < -0.3 is 0 Å². The molecule has 0 amide bonds. The van der Waals surface area contributed by atoms with Crippen molar-refractivity contribution < 1.29 is 8.42 Å². The van der Waals surface area contributed by atoms with E-state index in [-0.39, 0.29) is 5.75 Å². The molecule has 0 aliphatic heterocycles. The molecule has 0 atom stereocenters. The van der Waals surface area contributed by atoms with Gasteiger partial charge in [-0.25, -0.2) is 8.42 Å². The van der Waals surface area contributed by atoms with Crippen molar-refractivity contribution in [1.82, 2.24) is 4.72 Å². The summed E-state index contributed by atoms with van der Waals surface area (Å²) >= 11 is 0. The lowest BCUT2D eigenvalue weighted by molar-refractivity contribution is 0.451. The molecule has 88 valence electrons. The highest BCUT2D eigenvalue weighted by molar-refractivity contribution is 7.89. The fourth-order valence-electron chi connectivity index (χ4n) is 1.31. The van der Waals surface area contributed by atoms with E-state index in [2.05, 4.69) is 10.6 Å².